The summed E-state index contributed by atoms with van der Waals surface area (Å²) < 4.78 is 4.35. The second kappa shape index (κ2) is 5.88. The lowest BCUT2D eigenvalue weighted by Gasteiger charge is -2.23. The molecule has 0 fully saturated rings. The van der Waals surface area contributed by atoms with Crippen molar-refractivity contribution in [1.82, 2.24) is 24.6 Å². The molecule has 0 unspecified atom stereocenters. The summed E-state index contributed by atoms with van der Waals surface area (Å²) in [4.78, 5) is 4.70. The first-order valence-corrected chi connectivity index (χ1v) is 8.22. The highest BCUT2D eigenvalue weighted by Gasteiger charge is 2.22. The second-order valence-corrected chi connectivity index (χ2v) is 7.37. The molecule has 3 heterocycles. The number of aryl methyl sites for hydroxylation is 2. The third-order valence-corrected chi connectivity index (χ3v) is 4.29. The molecule has 0 aromatic carbocycles. The maximum absolute atomic E-state index is 4.70. The largest absolute Gasteiger partial charge is 0.334 e. The highest BCUT2D eigenvalue weighted by molar-refractivity contribution is 5.10. The molecule has 0 spiro atoms. The lowest BCUT2D eigenvalue weighted by molar-refractivity contribution is 0.355. The van der Waals surface area contributed by atoms with Crippen LogP contribution in [0.5, 0.6) is 0 Å². The normalized spacial score (nSPS) is 18.5. The van der Waals surface area contributed by atoms with Crippen LogP contribution in [0.2, 0.25) is 0 Å². The van der Waals surface area contributed by atoms with E-state index in [0.717, 1.165) is 25.3 Å². The zero-order chi connectivity index (χ0) is 15.7. The van der Waals surface area contributed by atoms with Crippen LogP contribution >= 0.6 is 0 Å². The van der Waals surface area contributed by atoms with Crippen molar-refractivity contribution < 1.29 is 0 Å². The summed E-state index contributed by atoms with van der Waals surface area (Å²) in [5, 5.41) is 8.03. The molecule has 0 aliphatic carbocycles. The molecule has 0 saturated heterocycles. The monoisotopic (exact) mass is 301 g/mol. The number of fused-ring (bicyclic) bond motifs is 1. The van der Waals surface area contributed by atoms with Crippen LogP contribution in [-0.2, 0) is 18.6 Å². The second-order valence-electron chi connectivity index (χ2n) is 7.37. The van der Waals surface area contributed by atoms with Gasteiger partial charge in [0.15, 0.2) is 0 Å². The maximum Gasteiger partial charge on any atom is 0.113 e. The molecular weight excluding hydrogens is 274 g/mol. The fourth-order valence-corrected chi connectivity index (χ4v) is 3.11. The first-order chi connectivity index (χ1) is 10.4. The van der Waals surface area contributed by atoms with Gasteiger partial charge in [0.05, 0.1) is 17.4 Å². The van der Waals surface area contributed by atoms with Gasteiger partial charge in [0.1, 0.15) is 5.82 Å². The van der Waals surface area contributed by atoms with Crippen LogP contribution in [0, 0.1) is 6.92 Å². The number of hydrogen-bond donors (Lipinski definition) is 1. The zero-order valence-electron chi connectivity index (χ0n) is 14.1. The smallest absolute Gasteiger partial charge is 0.113 e. The Kier molecular flexibility index (Phi) is 4.08. The van der Waals surface area contributed by atoms with Crippen LogP contribution in [0.25, 0.3) is 0 Å². The fraction of sp³-hybridized carbons (Fsp3) is 0.647. The number of rotatable bonds is 4. The van der Waals surface area contributed by atoms with E-state index in [1.54, 1.807) is 0 Å². The Bertz CT molecular complexity index is 632. The minimum absolute atomic E-state index is 0.0455. The van der Waals surface area contributed by atoms with E-state index in [1.807, 2.05) is 10.9 Å². The van der Waals surface area contributed by atoms with Crippen molar-refractivity contribution in [2.75, 3.05) is 6.54 Å². The number of hydrogen-bond acceptors (Lipinski definition) is 3. The van der Waals surface area contributed by atoms with E-state index in [9.17, 15) is 0 Å². The minimum Gasteiger partial charge on any atom is -0.334 e. The van der Waals surface area contributed by atoms with E-state index >= 15 is 0 Å². The van der Waals surface area contributed by atoms with Crippen molar-refractivity contribution in [3.05, 3.63) is 35.7 Å². The van der Waals surface area contributed by atoms with Crippen LogP contribution in [0.1, 0.15) is 56.6 Å². The molecule has 22 heavy (non-hydrogen) atoms. The van der Waals surface area contributed by atoms with Crippen LogP contribution < -0.4 is 5.32 Å². The Morgan fingerprint density at radius 1 is 1.32 bits per heavy atom. The van der Waals surface area contributed by atoms with Crippen LogP contribution in [0.3, 0.4) is 0 Å². The van der Waals surface area contributed by atoms with E-state index in [2.05, 4.69) is 55.1 Å². The number of aromatic nitrogens is 4. The predicted molar refractivity (Wildman–Crippen MR) is 87.9 cm³/mol. The quantitative estimate of drug-likeness (QED) is 0.944. The molecule has 0 amide bonds. The third-order valence-electron chi connectivity index (χ3n) is 4.29. The van der Waals surface area contributed by atoms with Gasteiger partial charge in [-0.3, -0.25) is 4.68 Å². The summed E-state index contributed by atoms with van der Waals surface area (Å²) in [5.41, 5.74) is 2.42. The third kappa shape index (κ3) is 3.24. The maximum atomic E-state index is 4.70. The molecule has 2 aromatic heterocycles. The van der Waals surface area contributed by atoms with Crippen molar-refractivity contribution in [2.24, 2.45) is 0 Å². The topological polar surface area (TPSA) is 47.7 Å². The Balaban J connectivity index is 1.57. The molecule has 120 valence electrons. The van der Waals surface area contributed by atoms with Gasteiger partial charge in [-0.2, -0.15) is 5.10 Å². The Hall–Kier alpha value is -1.62. The van der Waals surface area contributed by atoms with Crippen LogP contribution in [0.4, 0.5) is 0 Å². The van der Waals surface area contributed by atoms with Crippen molar-refractivity contribution >= 4 is 0 Å². The molecule has 5 heteroatoms. The van der Waals surface area contributed by atoms with Gasteiger partial charge in [0.2, 0.25) is 0 Å². The molecule has 0 bridgehead atoms. The molecule has 1 aliphatic heterocycles. The van der Waals surface area contributed by atoms with Crippen molar-refractivity contribution in [2.45, 2.75) is 65.1 Å². The van der Waals surface area contributed by atoms with Crippen LogP contribution in [0.15, 0.2) is 18.6 Å². The van der Waals surface area contributed by atoms with Gasteiger partial charge in [-0.05, 0) is 40.5 Å². The standard InChI is InChI=1S/C17H27N5/c1-13-11-21-7-5-6-15(16(21)20-13)10-18-8-14-9-19-22(12-14)17(2,3)4/h9,11-12,15,18H,5-8,10H2,1-4H3/t15-/m1/s1. The molecule has 2 aromatic rings. The summed E-state index contributed by atoms with van der Waals surface area (Å²) >= 11 is 0. The minimum atomic E-state index is 0.0455. The molecule has 0 radical (unpaired) electrons. The van der Waals surface area contributed by atoms with Crippen molar-refractivity contribution in [3.63, 3.8) is 0 Å². The van der Waals surface area contributed by atoms with Gasteiger partial charge in [-0.15, -0.1) is 0 Å². The number of nitrogens with one attached hydrogen (secondary N) is 1. The summed E-state index contributed by atoms with van der Waals surface area (Å²) in [6, 6.07) is 0. The fourth-order valence-electron chi connectivity index (χ4n) is 3.11. The Morgan fingerprint density at radius 3 is 2.86 bits per heavy atom. The van der Waals surface area contributed by atoms with E-state index in [-0.39, 0.29) is 5.54 Å². The average Bonchev–Trinajstić information content (AvgIpc) is 3.04. The zero-order valence-corrected chi connectivity index (χ0v) is 14.1. The lowest BCUT2D eigenvalue weighted by atomic mass is 9.99. The van der Waals surface area contributed by atoms with Crippen LogP contribution in [-0.4, -0.2) is 25.9 Å². The molecule has 1 aliphatic rings. The SMILES string of the molecule is Cc1cn2c(n1)[C@@H](CNCc1cnn(C(C)(C)C)c1)CCC2. The lowest BCUT2D eigenvalue weighted by Crippen LogP contribution is -2.26. The highest BCUT2D eigenvalue weighted by Crippen LogP contribution is 2.26. The van der Waals surface area contributed by atoms with Gasteiger partial charge in [0, 0.05) is 43.5 Å². The van der Waals surface area contributed by atoms with Crippen molar-refractivity contribution in [3.8, 4) is 0 Å². The van der Waals surface area contributed by atoms with Gasteiger partial charge in [-0.25, -0.2) is 4.98 Å². The summed E-state index contributed by atoms with van der Waals surface area (Å²) in [5.74, 6) is 1.78. The van der Waals surface area contributed by atoms with Gasteiger partial charge in [0.25, 0.3) is 0 Å². The first kappa shape index (κ1) is 15.3. The van der Waals surface area contributed by atoms with E-state index < -0.39 is 0 Å². The molecule has 3 rings (SSSR count). The van der Waals surface area contributed by atoms with Gasteiger partial charge >= 0.3 is 0 Å². The first-order valence-electron chi connectivity index (χ1n) is 8.22. The summed E-state index contributed by atoms with van der Waals surface area (Å²) in [7, 11) is 0. The summed E-state index contributed by atoms with van der Waals surface area (Å²) in [6.45, 7) is 11.6. The average molecular weight is 301 g/mol. The highest BCUT2D eigenvalue weighted by atomic mass is 15.3. The molecular formula is C17H27N5. The number of nitrogens with zero attached hydrogens (tertiary/aromatic N) is 4. The van der Waals surface area contributed by atoms with Gasteiger partial charge in [-0.1, -0.05) is 0 Å². The van der Waals surface area contributed by atoms with E-state index in [1.165, 1.54) is 24.2 Å². The van der Waals surface area contributed by atoms with Crippen molar-refractivity contribution in [1.29, 1.82) is 0 Å². The molecule has 1 atom stereocenters. The van der Waals surface area contributed by atoms with Gasteiger partial charge < -0.3 is 9.88 Å². The Labute approximate surface area is 132 Å². The van der Waals surface area contributed by atoms with E-state index in [0.29, 0.717) is 5.92 Å². The molecule has 1 N–H and O–H groups in total. The predicted octanol–water partition coefficient (Wildman–Crippen LogP) is 2.81. The van der Waals surface area contributed by atoms with E-state index in [4.69, 9.17) is 4.98 Å². The molecule has 0 saturated carbocycles. The number of imidazole rings is 1. The molecule has 5 nitrogen and oxygen atoms in total. The summed E-state index contributed by atoms with van der Waals surface area (Å²) in [6.07, 6.45) is 8.75. The Morgan fingerprint density at radius 2 is 2.14 bits per heavy atom.